The van der Waals surface area contributed by atoms with E-state index >= 15 is 0 Å². The summed E-state index contributed by atoms with van der Waals surface area (Å²) in [4.78, 5) is 29.3. The number of hydrogen-bond acceptors (Lipinski definition) is 3. The number of benzene rings is 1. The van der Waals surface area contributed by atoms with Gasteiger partial charge in [0.1, 0.15) is 6.17 Å². The first-order valence-corrected chi connectivity index (χ1v) is 9.79. The van der Waals surface area contributed by atoms with Crippen LogP contribution in [0.2, 0.25) is 0 Å². The zero-order chi connectivity index (χ0) is 18.1. The Morgan fingerprint density at radius 3 is 2.96 bits per heavy atom. The zero-order valence-corrected chi connectivity index (χ0v) is 15.5. The Morgan fingerprint density at radius 2 is 2.15 bits per heavy atom. The molecule has 0 saturated carbocycles. The molecule has 4 rings (SSSR count). The van der Waals surface area contributed by atoms with Gasteiger partial charge < -0.3 is 15.1 Å². The van der Waals surface area contributed by atoms with E-state index < -0.39 is 0 Å². The van der Waals surface area contributed by atoms with Gasteiger partial charge in [0.2, 0.25) is 0 Å². The standard InChI is InChI=1S/C21H27N3O2/c1-23-18-14-16(20(25)22-12-11-15-6-3-2-4-7-15)9-10-17(18)21(26)24-13-5-8-19(23)24/h6,9-10,14,19H,2-5,7-8,11-13H2,1H3,(H,22,25)/t19-/m0/s1. The molecule has 1 aromatic carbocycles. The molecule has 1 aliphatic carbocycles. The fourth-order valence-corrected chi connectivity index (χ4v) is 4.42. The molecule has 0 radical (unpaired) electrons. The van der Waals surface area contributed by atoms with Gasteiger partial charge in [-0.2, -0.15) is 0 Å². The highest BCUT2D eigenvalue weighted by Crippen LogP contribution is 2.35. The number of fused-ring (bicyclic) bond motifs is 2. The summed E-state index contributed by atoms with van der Waals surface area (Å²) in [6.45, 7) is 1.50. The predicted molar refractivity (Wildman–Crippen MR) is 102 cm³/mol. The number of nitrogens with one attached hydrogen (secondary N) is 1. The van der Waals surface area contributed by atoms with E-state index in [-0.39, 0.29) is 18.0 Å². The maximum Gasteiger partial charge on any atom is 0.257 e. The lowest BCUT2D eigenvalue weighted by atomic mass is 9.97. The third-order valence-corrected chi connectivity index (χ3v) is 5.92. The van der Waals surface area contributed by atoms with E-state index in [0.29, 0.717) is 17.7 Å². The first kappa shape index (κ1) is 17.1. The smallest absolute Gasteiger partial charge is 0.257 e. The third-order valence-electron chi connectivity index (χ3n) is 5.92. The molecule has 138 valence electrons. The summed E-state index contributed by atoms with van der Waals surface area (Å²) in [5, 5.41) is 3.03. The average Bonchev–Trinajstić information content (AvgIpc) is 3.17. The Kier molecular flexibility index (Phi) is 4.70. The monoisotopic (exact) mass is 353 g/mol. The molecule has 5 heteroatoms. The van der Waals surface area contributed by atoms with E-state index in [9.17, 15) is 9.59 Å². The van der Waals surface area contributed by atoms with Gasteiger partial charge >= 0.3 is 0 Å². The van der Waals surface area contributed by atoms with Crippen LogP contribution in [0, 0.1) is 0 Å². The summed E-state index contributed by atoms with van der Waals surface area (Å²) < 4.78 is 0. The molecule has 2 amide bonds. The number of carbonyl (C=O) groups excluding carboxylic acids is 2. The highest BCUT2D eigenvalue weighted by molar-refractivity contribution is 6.04. The Morgan fingerprint density at radius 1 is 1.27 bits per heavy atom. The lowest BCUT2D eigenvalue weighted by Gasteiger charge is -2.40. The number of allylic oxidation sites excluding steroid dienone is 1. The summed E-state index contributed by atoms with van der Waals surface area (Å²) >= 11 is 0. The van der Waals surface area contributed by atoms with Crippen LogP contribution in [0.1, 0.15) is 65.7 Å². The highest BCUT2D eigenvalue weighted by atomic mass is 16.2. The molecule has 1 N–H and O–H groups in total. The van der Waals surface area contributed by atoms with Crippen LogP contribution in [0.5, 0.6) is 0 Å². The van der Waals surface area contributed by atoms with Gasteiger partial charge in [-0.3, -0.25) is 9.59 Å². The summed E-state index contributed by atoms with van der Waals surface area (Å²) in [5.41, 5.74) is 3.68. The quantitative estimate of drug-likeness (QED) is 0.845. The molecule has 0 aromatic heterocycles. The first-order chi connectivity index (χ1) is 12.6. The molecule has 1 atom stereocenters. The minimum absolute atomic E-state index is 0.0566. The van der Waals surface area contributed by atoms with Crippen molar-refractivity contribution < 1.29 is 9.59 Å². The van der Waals surface area contributed by atoms with Crippen LogP contribution < -0.4 is 10.2 Å². The lowest BCUT2D eigenvalue weighted by molar-refractivity contribution is 0.0719. The number of rotatable bonds is 4. The Labute approximate surface area is 155 Å². The van der Waals surface area contributed by atoms with Crippen LogP contribution in [0.15, 0.2) is 29.8 Å². The van der Waals surface area contributed by atoms with Gasteiger partial charge in [-0.05, 0) is 63.1 Å². The molecule has 5 nitrogen and oxygen atoms in total. The van der Waals surface area contributed by atoms with Crippen LogP contribution in [-0.2, 0) is 0 Å². The van der Waals surface area contributed by atoms with E-state index in [1.54, 1.807) is 12.1 Å². The number of anilines is 1. The van der Waals surface area contributed by atoms with Crippen LogP contribution >= 0.6 is 0 Å². The Bertz CT molecular complexity index is 756. The second kappa shape index (κ2) is 7.14. The molecule has 0 spiro atoms. The summed E-state index contributed by atoms with van der Waals surface area (Å²) in [7, 11) is 2.02. The molecule has 1 fully saturated rings. The second-order valence-electron chi connectivity index (χ2n) is 7.58. The Hall–Kier alpha value is -2.30. The van der Waals surface area contributed by atoms with Crippen molar-refractivity contribution in [3.05, 3.63) is 41.0 Å². The zero-order valence-electron chi connectivity index (χ0n) is 15.5. The SMILES string of the molecule is CN1c2cc(C(=O)NCCC3=CCCCC3)ccc2C(=O)N2CCC[C@H]21. The molecular formula is C21H27N3O2. The van der Waals surface area contributed by atoms with E-state index in [2.05, 4.69) is 16.3 Å². The minimum Gasteiger partial charge on any atom is -0.354 e. The van der Waals surface area contributed by atoms with Crippen molar-refractivity contribution in [2.24, 2.45) is 0 Å². The van der Waals surface area contributed by atoms with Gasteiger partial charge in [-0.1, -0.05) is 11.6 Å². The molecule has 2 aliphatic heterocycles. The van der Waals surface area contributed by atoms with Crippen molar-refractivity contribution in [3.63, 3.8) is 0 Å². The summed E-state index contributed by atoms with van der Waals surface area (Å²) in [6, 6.07) is 5.45. The molecule has 0 bridgehead atoms. The van der Waals surface area contributed by atoms with E-state index in [1.165, 1.54) is 31.3 Å². The molecule has 3 aliphatic rings. The molecule has 26 heavy (non-hydrogen) atoms. The summed E-state index contributed by atoms with van der Waals surface area (Å²) in [5.74, 6) is 0.0377. The van der Waals surface area contributed by atoms with Crippen molar-refractivity contribution in [1.82, 2.24) is 10.2 Å². The molecule has 1 aromatic rings. The average molecular weight is 353 g/mol. The number of carbonyl (C=O) groups is 2. The molecule has 2 heterocycles. The molecule has 1 saturated heterocycles. The number of nitrogens with zero attached hydrogens (tertiary/aromatic N) is 2. The van der Waals surface area contributed by atoms with Crippen molar-refractivity contribution in [1.29, 1.82) is 0 Å². The second-order valence-corrected chi connectivity index (χ2v) is 7.58. The van der Waals surface area contributed by atoms with Crippen molar-refractivity contribution in [2.75, 3.05) is 25.0 Å². The van der Waals surface area contributed by atoms with Crippen LogP contribution in [0.3, 0.4) is 0 Å². The van der Waals surface area contributed by atoms with Crippen LogP contribution in [0.25, 0.3) is 0 Å². The molecule has 0 unspecified atom stereocenters. The van der Waals surface area contributed by atoms with E-state index in [0.717, 1.165) is 31.5 Å². The summed E-state index contributed by atoms with van der Waals surface area (Å²) in [6.07, 6.45) is 10.3. The third kappa shape index (κ3) is 3.11. The fraction of sp³-hybridized carbons (Fsp3) is 0.524. The van der Waals surface area contributed by atoms with Crippen LogP contribution in [-0.4, -0.2) is 43.0 Å². The molecular weight excluding hydrogens is 326 g/mol. The van der Waals surface area contributed by atoms with Crippen molar-refractivity contribution in [3.8, 4) is 0 Å². The maximum atomic E-state index is 12.7. The predicted octanol–water partition coefficient (Wildman–Crippen LogP) is 3.32. The lowest BCUT2D eigenvalue weighted by Crippen LogP contribution is -2.50. The topological polar surface area (TPSA) is 52.7 Å². The van der Waals surface area contributed by atoms with Gasteiger partial charge in [0.05, 0.1) is 11.3 Å². The van der Waals surface area contributed by atoms with E-state index in [1.807, 2.05) is 18.0 Å². The van der Waals surface area contributed by atoms with Gasteiger partial charge in [-0.25, -0.2) is 0 Å². The largest absolute Gasteiger partial charge is 0.354 e. The number of hydrogen-bond donors (Lipinski definition) is 1. The van der Waals surface area contributed by atoms with Gasteiger partial charge in [0, 0.05) is 25.7 Å². The number of amides is 2. The normalized spacial score (nSPS) is 22.0. The van der Waals surface area contributed by atoms with Gasteiger partial charge in [0.15, 0.2) is 0 Å². The van der Waals surface area contributed by atoms with Gasteiger partial charge in [0.25, 0.3) is 11.8 Å². The minimum atomic E-state index is -0.0566. The highest BCUT2D eigenvalue weighted by Gasteiger charge is 2.38. The van der Waals surface area contributed by atoms with Crippen LogP contribution in [0.4, 0.5) is 5.69 Å². The maximum absolute atomic E-state index is 12.7. The Balaban J connectivity index is 1.45. The van der Waals surface area contributed by atoms with Gasteiger partial charge in [-0.15, -0.1) is 0 Å². The van der Waals surface area contributed by atoms with Crippen molar-refractivity contribution in [2.45, 2.75) is 51.1 Å². The first-order valence-electron chi connectivity index (χ1n) is 9.79. The van der Waals surface area contributed by atoms with E-state index in [4.69, 9.17) is 0 Å². The fourth-order valence-electron chi connectivity index (χ4n) is 4.42. The van der Waals surface area contributed by atoms with Crippen molar-refractivity contribution >= 4 is 17.5 Å².